The standard InChI is InChI=1S/C4H8.9C2H6/c1-4-2-3-4;9*1-2/h4H,2-3H2,1H3;9*1-2H3. The monoisotopic (exact) mass is 326 g/mol. The molecule has 0 amide bonds. The summed E-state index contributed by atoms with van der Waals surface area (Å²) in [6.07, 6.45) is 2.97. The molecule has 150 valence electrons. The summed E-state index contributed by atoms with van der Waals surface area (Å²) < 4.78 is 0. The van der Waals surface area contributed by atoms with Crippen LogP contribution >= 0.6 is 0 Å². The lowest BCUT2D eigenvalue weighted by Gasteiger charge is -1.53. The van der Waals surface area contributed by atoms with Crippen LogP contribution in [0, 0.1) is 5.92 Å². The second-order valence-electron chi connectivity index (χ2n) is 1.68. The van der Waals surface area contributed by atoms with E-state index in [1.54, 1.807) is 0 Å². The third kappa shape index (κ3) is 802. The molecule has 0 aromatic rings. The molecule has 1 saturated carbocycles. The number of rotatable bonds is 0. The third-order valence-electron chi connectivity index (χ3n) is 0.866. The van der Waals surface area contributed by atoms with Gasteiger partial charge in [0.05, 0.1) is 0 Å². The lowest BCUT2D eigenvalue weighted by molar-refractivity contribution is 0.983. The van der Waals surface area contributed by atoms with Crippen molar-refractivity contribution >= 4 is 0 Å². The zero-order chi connectivity index (χ0) is 21.0. The Kier molecular flexibility index (Phi) is 877. The van der Waals surface area contributed by atoms with Gasteiger partial charge in [0.2, 0.25) is 0 Å². The summed E-state index contributed by atoms with van der Waals surface area (Å²) >= 11 is 0. The third-order valence-corrected chi connectivity index (χ3v) is 0.866. The maximum absolute atomic E-state index is 2.28. The van der Waals surface area contributed by atoms with E-state index in [1.807, 2.05) is 125 Å². The van der Waals surface area contributed by atoms with Gasteiger partial charge in [-0.3, -0.25) is 0 Å². The van der Waals surface area contributed by atoms with Crippen molar-refractivity contribution in [2.75, 3.05) is 0 Å². The minimum Gasteiger partial charge on any atom is -0.0683 e. The van der Waals surface area contributed by atoms with Gasteiger partial charge in [0, 0.05) is 0 Å². The highest BCUT2D eigenvalue weighted by Gasteiger charge is 2.12. The van der Waals surface area contributed by atoms with Gasteiger partial charge in [-0.15, -0.1) is 0 Å². The van der Waals surface area contributed by atoms with E-state index in [2.05, 4.69) is 6.92 Å². The van der Waals surface area contributed by atoms with Crippen LogP contribution < -0.4 is 0 Å². The van der Waals surface area contributed by atoms with Crippen LogP contribution in [0.1, 0.15) is 144 Å². The van der Waals surface area contributed by atoms with Crippen LogP contribution in [0.3, 0.4) is 0 Å². The zero-order valence-corrected chi connectivity index (χ0v) is 21.0. The molecule has 0 radical (unpaired) electrons. The maximum Gasteiger partial charge on any atom is -0.0443 e. The summed E-state index contributed by atoms with van der Waals surface area (Å²) in [5, 5.41) is 0. The predicted molar refractivity (Wildman–Crippen MR) is 121 cm³/mol. The molecule has 0 aromatic heterocycles. The van der Waals surface area contributed by atoms with Gasteiger partial charge < -0.3 is 0 Å². The Morgan fingerprint density at radius 3 is 0.364 bits per heavy atom. The Labute approximate surface area is 150 Å². The van der Waals surface area contributed by atoms with Gasteiger partial charge >= 0.3 is 0 Å². The molecule has 0 heterocycles. The van der Waals surface area contributed by atoms with Crippen LogP contribution in [-0.2, 0) is 0 Å². The molecule has 0 atom stereocenters. The molecule has 22 heavy (non-hydrogen) atoms. The Hall–Kier alpha value is 0. The summed E-state index contributed by atoms with van der Waals surface area (Å²) in [6, 6.07) is 0. The molecule has 0 aromatic carbocycles. The van der Waals surface area contributed by atoms with Gasteiger partial charge in [0.1, 0.15) is 0 Å². The topological polar surface area (TPSA) is 0 Å². The van der Waals surface area contributed by atoms with Crippen LogP contribution in [0.5, 0.6) is 0 Å². The van der Waals surface area contributed by atoms with E-state index >= 15 is 0 Å². The van der Waals surface area contributed by atoms with Crippen molar-refractivity contribution in [1.82, 2.24) is 0 Å². The molecular weight excluding hydrogens is 264 g/mol. The fourth-order valence-corrected chi connectivity index (χ4v) is 0.167. The highest BCUT2D eigenvalue weighted by Crippen LogP contribution is 2.26. The van der Waals surface area contributed by atoms with Crippen molar-refractivity contribution in [1.29, 1.82) is 0 Å². The van der Waals surface area contributed by atoms with Gasteiger partial charge in [-0.1, -0.05) is 144 Å². The van der Waals surface area contributed by atoms with Gasteiger partial charge in [-0.2, -0.15) is 0 Å². The molecule has 1 rings (SSSR count). The first kappa shape index (κ1) is 57.4. The van der Waals surface area contributed by atoms with Gasteiger partial charge in [-0.25, -0.2) is 0 Å². The fourth-order valence-electron chi connectivity index (χ4n) is 0.167. The van der Waals surface area contributed by atoms with Crippen molar-refractivity contribution in [2.24, 2.45) is 5.92 Å². The molecule has 0 N–H and O–H groups in total. The molecular formula is C22H62. The largest absolute Gasteiger partial charge is 0.0683 e. The normalized spacial score (nSPS) is 7.23. The Morgan fingerprint density at radius 1 is 0.318 bits per heavy atom. The average molecular weight is 327 g/mol. The summed E-state index contributed by atoms with van der Waals surface area (Å²) in [5.74, 6) is 1.08. The van der Waals surface area contributed by atoms with Crippen LogP contribution in [0.2, 0.25) is 0 Å². The molecule has 0 heteroatoms. The average Bonchev–Trinajstić information content (AvgIpc) is 3.52. The first-order chi connectivity index (χ1) is 10.9. The molecule has 1 fully saturated rings. The molecule has 0 bridgehead atoms. The minimum atomic E-state index is 1.08. The molecule has 0 aliphatic heterocycles. The lowest BCUT2D eigenvalue weighted by atomic mass is 10.5. The molecule has 1 aliphatic carbocycles. The SMILES string of the molecule is CC.CC.CC.CC.CC.CC.CC.CC.CC.CC1CC1. The van der Waals surface area contributed by atoms with Gasteiger partial charge in [0.25, 0.3) is 0 Å². The van der Waals surface area contributed by atoms with Crippen LogP contribution in [0.15, 0.2) is 0 Å². The minimum absolute atomic E-state index is 1.08. The molecule has 0 unspecified atom stereocenters. The van der Waals surface area contributed by atoms with E-state index in [1.165, 1.54) is 12.8 Å². The Balaban J connectivity index is -0.0000000125. The van der Waals surface area contributed by atoms with Crippen molar-refractivity contribution in [3.8, 4) is 0 Å². The second kappa shape index (κ2) is 336. The Bertz CT molecular complexity index is 19.2. The van der Waals surface area contributed by atoms with Crippen LogP contribution in [0.4, 0.5) is 0 Å². The van der Waals surface area contributed by atoms with Crippen LogP contribution in [-0.4, -0.2) is 0 Å². The summed E-state index contributed by atoms with van der Waals surface area (Å²) in [5.41, 5.74) is 0. The van der Waals surface area contributed by atoms with Crippen molar-refractivity contribution in [3.63, 3.8) is 0 Å². The fraction of sp³-hybridized carbons (Fsp3) is 1.00. The van der Waals surface area contributed by atoms with Crippen LogP contribution in [0.25, 0.3) is 0 Å². The summed E-state index contributed by atoms with van der Waals surface area (Å²) in [4.78, 5) is 0. The van der Waals surface area contributed by atoms with Crippen molar-refractivity contribution in [2.45, 2.75) is 144 Å². The van der Waals surface area contributed by atoms with Gasteiger partial charge in [0.15, 0.2) is 0 Å². The summed E-state index contributed by atoms with van der Waals surface area (Å²) in [6.45, 7) is 38.3. The van der Waals surface area contributed by atoms with E-state index < -0.39 is 0 Å². The van der Waals surface area contributed by atoms with E-state index in [0.29, 0.717) is 0 Å². The van der Waals surface area contributed by atoms with Gasteiger partial charge in [-0.05, 0) is 5.92 Å². The second-order valence-corrected chi connectivity index (χ2v) is 1.68. The lowest BCUT2D eigenvalue weighted by Crippen LogP contribution is -1.42. The molecule has 0 nitrogen and oxygen atoms in total. The van der Waals surface area contributed by atoms with Crippen molar-refractivity contribution < 1.29 is 0 Å². The van der Waals surface area contributed by atoms with E-state index in [0.717, 1.165) is 5.92 Å². The maximum atomic E-state index is 2.28. The Morgan fingerprint density at radius 2 is 0.364 bits per heavy atom. The highest BCUT2D eigenvalue weighted by atomic mass is 14.2. The highest BCUT2D eigenvalue weighted by molar-refractivity contribution is 4.65. The smallest absolute Gasteiger partial charge is 0.0443 e. The van der Waals surface area contributed by atoms with E-state index in [4.69, 9.17) is 0 Å². The molecule has 0 spiro atoms. The quantitative estimate of drug-likeness (QED) is 0.415. The first-order valence-corrected chi connectivity index (χ1v) is 10.9. The van der Waals surface area contributed by atoms with E-state index in [-0.39, 0.29) is 0 Å². The van der Waals surface area contributed by atoms with Crippen molar-refractivity contribution in [3.05, 3.63) is 0 Å². The molecule has 0 saturated heterocycles. The number of hydrogen-bond acceptors (Lipinski definition) is 0. The molecule has 1 aliphatic rings. The number of hydrogen-bond donors (Lipinski definition) is 0. The predicted octanol–water partition coefficient (Wildman–Crippen LogP) is 10.7. The zero-order valence-electron chi connectivity index (χ0n) is 21.0. The van der Waals surface area contributed by atoms with E-state index in [9.17, 15) is 0 Å². The first-order valence-electron chi connectivity index (χ1n) is 10.9. The summed E-state index contributed by atoms with van der Waals surface area (Å²) in [7, 11) is 0.